The molecule has 0 aromatic heterocycles. The Morgan fingerprint density at radius 1 is 1.04 bits per heavy atom. The molecule has 0 N–H and O–H groups in total. The second-order valence-electron chi connectivity index (χ2n) is 8.44. The van der Waals surface area contributed by atoms with Crippen molar-refractivity contribution in [2.75, 3.05) is 6.54 Å². The zero-order valence-corrected chi connectivity index (χ0v) is 15.8. The fraction of sp³-hybridized carbons (Fsp3) is 0.905. The van der Waals surface area contributed by atoms with Gasteiger partial charge in [-0.15, -0.1) is 0 Å². The molecule has 3 aliphatic rings. The van der Waals surface area contributed by atoms with Crippen molar-refractivity contribution in [2.24, 2.45) is 21.9 Å². The third-order valence-electron chi connectivity index (χ3n) is 6.71. The Hall–Kier alpha value is -0.860. The summed E-state index contributed by atoms with van der Waals surface area (Å²) in [5, 5.41) is 7.02. The smallest absolute Gasteiger partial charge is 0.0852 e. The van der Waals surface area contributed by atoms with E-state index in [9.17, 15) is 0 Å². The maximum atomic E-state index is 4.97. The second-order valence-corrected chi connectivity index (χ2v) is 8.44. The summed E-state index contributed by atoms with van der Waals surface area (Å²) in [5.74, 6) is 1.61. The third-order valence-corrected chi connectivity index (χ3v) is 6.71. The molecule has 2 saturated carbocycles. The predicted octanol–water partition coefficient (Wildman–Crippen LogP) is 5.45. The van der Waals surface area contributed by atoms with E-state index in [1.54, 1.807) is 0 Å². The molecule has 2 fully saturated rings. The summed E-state index contributed by atoms with van der Waals surface area (Å²) < 4.78 is 0. The quantitative estimate of drug-likeness (QED) is 0.470. The standard InChI is InChI=1S/C21H37N3/c1-17-10-6-7-14-20(17)24(22-2)21(19-13-8-9-15-23-19)16-18-11-4-3-5-12-18/h17-18,20-21H,2-16H2,1H3. The van der Waals surface area contributed by atoms with Gasteiger partial charge in [-0.05, 0) is 50.4 Å². The lowest BCUT2D eigenvalue weighted by Gasteiger charge is -2.43. The molecule has 0 radical (unpaired) electrons. The van der Waals surface area contributed by atoms with Crippen LogP contribution in [-0.4, -0.2) is 36.1 Å². The normalized spacial score (nSPS) is 30.5. The molecule has 3 atom stereocenters. The molecular formula is C21H37N3. The number of rotatable bonds is 6. The lowest BCUT2D eigenvalue weighted by molar-refractivity contribution is 0.0835. The first-order valence-electron chi connectivity index (χ1n) is 10.6. The molecule has 136 valence electrons. The van der Waals surface area contributed by atoms with Crippen LogP contribution in [0.2, 0.25) is 0 Å². The fourth-order valence-corrected chi connectivity index (χ4v) is 5.25. The summed E-state index contributed by atoms with van der Waals surface area (Å²) in [6.45, 7) is 7.45. The molecule has 3 unspecified atom stereocenters. The maximum Gasteiger partial charge on any atom is 0.0852 e. The number of hydrogen-bond acceptors (Lipinski definition) is 3. The van der Waals surface area contributed by atoms with Crippen LogP contribution in [0.4, 0.5) is 0 Å². The largest absolute Gasteiger partial charge is 0.292 e. The van der Waals surface area contributed by atoms with Gasteiger partial charge in [-0.3, -0.25) is 10.0 Å². The molecule has 24 heavy (non-hydrogen) atoms. The van der Waals surface area contributed by atoms with Crippen molar-refractivity contribution in [3.8, 4) is 0 Å². The zero-order valence-electron chi connectivity index (χ0n) is 15.8. The first-order chi connectivity index (χ1) is 11.8. The summed E-state index contributed by atoms with van der Waals surface area (Å²) in [4.78, 5) is 4.97. The monoisotopic (exact) mass is 331 g/mol. The summed E-state index contributed by atoms with van der Waals surface area (Å²) in [7, 11) is 0. The van der Waals surface area contributed by atoms with Crippen LogP contribution in [0.25, 0.3) is 0 Å². The van der Waals surface area contributed by atoms with Gasteiger partial charge in [0.15, 0.2) is 0 Å². The van der Waals surface area contributed by atoms with Crippen LogP contribution in [0.1, 0.15) is 90.4 Å². The summed E-state index contributed by atoms with van der Waals surface area (Å²) in [5.41, 5.74) is 1.44. The Bertz CT molecular complexity index is 425. The lowest BCUT2D eigenvalue weighted by Crippen LogP contribution is -2.49. The number of aliphatic imine (C=N–C) groups is 1. The van der Waals surface area contributed by atoms with Gasteiger partial charge in [0.25, 0.3) is 0 Å². The minimum Gasteiger partial charge on any atom is -0.292 e. The molecule has 0 aromatic rings. The Labute approximate surface area is 149 Å². The topological polar surface area (TPSA) is 28.0 Å². The average Bonchev–Trinajstić information content (AvgIpc) is 2.64. The Morgan fingerprint density at radius 3 is 2.46 bits per heavy atom. The average molecular weight is 332 g/mol. The minimum atomic E-state index is 0.427. The summed E-state index contributed by atoms with van der Waals surface area (Å²) >= 11 is 0. The van der Waals surface area contributed by atoms with Crippen LogP contribution in [0.5, 0.6) is 0 Å². The first-order valence-corrected chi connectivity index (χ1v) is 10.6. The molecular weight excluding hydrogens is 294 g/mol. The van der Waals surface area contributed by atoms with Crippen LogP contribution in [0, 0.1) is 11.8 Å². The van der Waals surface area contributed by atoms with Crippen molar-refractivity contribution >= 4 is 12.4 Å². The molecule has 1 aliphatic heterocycles. The highest BCUT2D eigenvalue weighted by Gasteiger charge is 2.35. The zero-order chi connectivity index (χ0) is 16.8. The first kappa shape index (κ1) is 17.9. The van der Waals surface area contributed by atoms with Crippen LogP contribution in [0.15, 0.2) is 10.1 Å². The van der Waals surface area contributed by atoms with Gasteiger partial charge in [0.1, 0.15) is 0 Å². The fourth-order valence-electron chi connectivity index (χ4n) is 5.25. The minimum absolute atomic E-state index is 0.427. The van der Waals surface area contributed by atoms with Gasteiger partial charge in [0.2, 0.25) is 0 Å². The van der Waals surface area contributed by atoms with Crippen molar-refractivity contribution in [3.63, 3.8) is 0 Å². The Balaban J connectivity index is 1.77. The van der Waals surface area contributed by atoms with Gasteiger partial charge in [-0.25, -0.2) is 0 Å². The molecule has 3 heteroatoms. The molecule has 0 aromatic carbocycles. The SMILES string of the molecule is C=NN(C(CC1CCCCC1)C1=NCCCC1)C1CCCCC1C. The van der Waals surface area contributed by atoms with Crippen molar-refractivity contribution in [1.29, 1.82) is 0 Å². The predicted molar refractivity (Wildman–Crippen MR) is 104 cm³/mol. The van der Waals surface area contributed by atoms with Gasteiger partial charge in [0.05, 0.1) is 12.1 Å². The summed E-state index contributed by atoms with van der Waals surface area (Å²) in [6.07, 6.45) is 17.5. The van der Waals surface area contributed by atoms with E-state index < -0.39 is 0 Å². The van der Waals surface area contributed by atoms with E-state index in [1.165, 1.54) is 89.2 Å². The van der Waals surface area contributed by atoms with E-state index in [1.807, 2.05) is 0 Å². The third kappa shape index (κ3) is 4.40. The van der Waals surface area contributed by atoms with E-state index in [0.29, 0.717) is 12.1 Å². The Morgan fingerprint density at radius 2 is 1.79 bits per heavy atom. The molecule has 1 heterocycles. The van der Waals surface area contributed by atoms with E-state index >= 15 is 0 Å². The lowest BCUT2D eigenvalue weighted by atomic mass is 9.80. The van der Waals surface area contributed by atoms with Crippen molar-refractivity contribution < 1.29 is 0 Å². The van der Waals surface area contributed by atoms with Crippen molar-refractivity contribution in [2.45, 2.75) is 102 Å². The highest BCUT2D eigenvalue weighted by molar-refractivity contribution is 5.90. The Kier molecular flexibility index (Phi) is 6.74. The van der Waals surface area contributed by atoms with E-state index in [2.05, 4.69) is 23.8 Å². The molecule has 2 aliphatic carbocycles. The highest BCUT2D eigenvalue weighted by Crippen LogP contribution is 2.35. The molecule has 3 rings (SSSR count). The van der Waals surface area contributed by atoms with Gasteiger partial charge in [-0.1, -0.05) is 51.9 Å². The van der Waals surface area contributed by atoms with Gasteiger partial charge >= 0.3 is 0 Å². The highest BCUT2D eigenvalue weighted by atomic mass is 15.5. The van der Waals surface area contributed by atoms with E-state index in [0.717, 1.165) is 18.4 Å². The number of hydrazone groups is 1. The second kappa shape index (κ2) is 9.01. The molecule has 0 saturated heterocycles. The van der Waals surface area contributed by atoms with Crippen LogP contribution in [0.3, 0.4) is 0 Å². The van der Waals surface area contributed by atoms with E-state index in [4.69, 9.17) is 4.99 Å². The maximum absolute atomic E-state index is 4.97. The van der Waals surface area contributed by atoms with Crippen molar-refractivity contribution in [1.82, 2.24) is 5.01 Å². The van der Waals surface area contributed by atoms with Crippen molar-refractivity contribution in [3.05, 3.63) is 0 Å². The van der Waals surface area contributed by atoms with Crippen LogP contribution < -0.4 is 0 Å². The number of nitrogens with zero attached hydrogens (tertiary/aromatic N) is 3. The van der Waals surface area contributed by atoms with Gasteiger partial charge in [0, 0.05) is 19.0 Å². The number of hydrogen-bond donors (Lipinski definition) is 0. The summed E-state index contributed by atoms with van der Waals surface area (Å²) in [6, 6.07) is 1.01. The van der Waals surface area contributed by atoms with Gasteiger partial charge in [-0.2, -0.15) is 5.10 Å². The molecule has 0 bridgehead atoms. The molecule has 0 amide bonds. The van der Waals surface area contributed by atoms with Crippen LogP contribution >= 0.6 is 0 Å². The van der Waals surface area contributed by atoms with Crippen LogP contribution in [-0.2, 0) is 0 Å². The molecule has 0 spiro atoms. The van der Waals surface area contributed by atoms with E-state index in [-0.39, 0.29) is 0 Å². The molecule has 3 nitrogen and oxygen atoms in total. The van der Waals surface area contributed by atoms with Gasteiger partial charge < -0.3 is 0 Å².